The smallest absolute Gasteiger partial charge is 0.309 e. The van der Waals surface area contributed by atoms with Crippen molar-refractivity contribution in [2.75, 3.05) is 26.0 Å². The van der Waals surface area contributed by atoms with Crippen molar-refractivity contribution in [3.8, 4) is 0 Å². The molecular weight excluding hydrogens is 334 g/mol. The Hall–Kier alpha value is -1.05. The Labute approximate surface area is 144 Å². The van der Waals surface area contributed by atoms with Crippen molar-refractivity contribution in [3.63, 3.8) is 0 Å². The average Bonchev–Trinajstić information content (AvgIpc) is 3.23. The summed E-state index contributed by atoms with van der Waals surface area (Å²) in [5, 5.41) is 11.2. The van der Waals surface area contributed by atoms with Gasteiger partial charge in [-0.1, -0.05) is 0 Å². The van der Waals surface area contributed by atoms with Crippen LogP contribution in [0.1, 0.15) is 28.9 Å². The molecule has 2 aliphatic heterocycles. The molecule has 2 atom stereocenters. The number of carbonyl (C=O) groups excluding carboxylic acids is 1. The van der Waals surface area contributed by atoms with Crippen LogP contribution in [0.25, 0.3) is 0 Å². The lowest BCUT2D eigenvalue weighted by molar-refractivity contribution is -0.145. The first-order valence-corrected chi connectivity index (χ1v) is 9.97. The zero-order valence-electron chi connectivity index (χ0n) is 13.1. The Morgan fingerprint density at radius 3 is 2.74 bits per heavy atom. The summed E-state index contributed by atoms with van der Waals surface area (Å²) < 4.78 is 5.69. The molecule has 0 radical (unpaired) electrons. The molecule has 0 spiro atoms. The molecule has 1 unspecified atom stereocenters. The van der Waals surface area contributed by atoms with Crippen molar-refractivity contribution in [3.05, 3.63) is 16.3 Å². The Morgan fingerprint density at radius 1 is 1.35 bits per heavy atom. The Bertz CT molecular complexity index is 580. The highest BCUT2D eigenvalue weighted by Crippen LogP contribution is 2.34. The minimum atomic E-state index is -0.755. The van der Waals surface area contributed by atoms with Gasteiger partial charge in [-0.15, -0.1) is 23.1 Å². The number of carboxylic acid groups (broad SMARTS) is 1. The number of ether oxygens (including phenoxy) is 1. The monoisotopic (exact) mass is 355 g/mol. The van der Waals surface area contributed by atoms with Gasteiger partial charge >= 0.3 is 5.97 Å². The van der Waals surface area contributed by atoms with Gasteiger partial charge in [-0.3, -0.25) is 9.59 Å². The molecule has 3 rings (SSSR count). The molecular formula is C16H21NO4S2. The van der Waals surface area contributed by atoms with Gasteiger partial charge in [-0.05, 0) is 42.9 Å². The highest BCUT2D eigenvalue weighted by molar-refractivity contribution is 7.98. The predicted octanol–water partition coefficient (Wildman–Crippen LogP) is 2.81. The van der Waals surface area contributed by atoms with Crippen molar-refractivity contribution in [2.45, 2.75) is 30.3 Å². The van der Waals surface area contributed by atoms with E-state index < -0.39 is 5.97 Å². The van der Waals surface area contributed by atoms with Gasteiger partial charge in [0.15, 0.2) is 0 Å². The number of likely N-dealkylation sites (tertiary alicyclic amines) is 1. The lowest BCUT2D eigenvalue weighted by Gasteiger charge is -2.35. The molecule has 0 aliphatic carbocycles. The molecule has 2 aliphatic rings. The first kappa shape index (κ1) is 16.8. The molecule has 1 amide bonds. The number of hydrogen-bond donors (Lipinski definition) is 1. The third-order valence-electron chi connectivity index (χ3n) is 4.79. The third-order valence-corrected chi connectivity index (χ3v) is 6.60. The van der Waals surface area contributed by atoms with Gasteiger partial charge in [0.05, 0.1) is 12.0 Å². The normalized spacial score (nSPS) is 25.7. The van der Waals surface area contributed by atoms with Gasteiger partial charge in [0.2, 0.25) is 0 Å². The number of rotatable bonds is 4. The van der Waals surface area contributed by atoms with E-state index in [-0.39, 0.29) is 23.8 Å². The number of nitrogens with zero attached hydrogens (tertiary/aromatic N) is 1. The Kier molecular flexibility index (Phi) is 5.28. The molecule has 0 bridgehead atoms. The first-order chi connectivity index (χ1) is 11.1. The molecule has 0 aromatic carbocycles. The van der Waals surface area contributed by atoms with Crippen molar-refractivity contribution < 1.29 is 19.4 Å². The summed E-state index contributed by atoms with van der Waals surface area (Å²) in [5.41, 5.74) is 0. The number of carboxylic acids is 1. The van der Waals surface area contributed by atoms with Crippen molar-refractivity contribution in [1.82, 2.24) is 4.90 Å². The summed E-state index contributed by atoms with van der Waals surface area (Å²) in [5.74, 6) is -0.798. The highest BCUT2D eigenvalue weighted by Gasteiger charge is 2.41. The summed E-state index contributed by atoms with van der Waals surface area (Å²) in [7, 11) is 0. The maximum atomic E-state index is 12.6. The van der Waals surface area contributed by atoms with Gasteiger partial charge in [0, 0.05) is 24.6 Å². The molecule has 1 N–H and O–H groups in total. The average molecular weight is 355 g/mol. The first-order valence-electron chi connectivity index (χ1n) is 7.87. The zero-order chi connectivity index (χ0) is 16.4. The number of thiophene rings is 1. The molecule has 1 aromatic heterocycles. The molecule has 7 heteroatoms. The largest absolute Gasteiger partial charge is 0.481 e. The van der Waals surface area contributed by atoms with Crippen molar-refractivity contribution >= 4 is 35.0 Å². The van der Waals surface area contributed by atoms with Gasteiger partial charge in [0.1, 0.15) is 4.88 Å². The van der Waals surface area contributed by atoms with E-state index in [1.807, 2.05) is 22.6 Å². The third kappa shape index (κ3) is 3.41. The van der Waals surface area contributed by atoms with Crippen LogP contribution in [-0.4, -0.2) is 53.9 Å². The second-order valence-corrected chi connectivity index (χ2v) is 7.78. The van der Waals surface area contributed by atoms with Crippen LogP contribution in [0.3, 0.4) is 0 Å². The lowest BCUT2D eigenvalue weighted by Crippen LogP contribution is -2.43. The van der Waals surface area contributed by atoms with Crippen LogP contribution in [0.2, 0.25) is 0 Å². The van der Waals surface area contributed by atoms with Gasteiger partial charge in [-0.2, -0.15) is 0 Å². The summed E-state index contributed by atoms with van der Waals surface area (Å²) in [6.45, 7) is 1.90. The number of piperidine rings is 1. The minimum absolute atomic E-state index is 0.102. The topological polar surface area (TPSA) is 66.8 Å². The number of aliphatic carboxylic acids is 1. The predicted molar refractivity (Wildman–Crippen MR) is 90.2 cm³/mol. The fourth-order valence-electron chi connectivity index (χ4n) is 3.53. The van der Waals surface area contributed by atoms with E-state index in [0.717, 1.165) is 22.6 Å². The molecule has 3 heterocycles. The van der Waals surface area contributed by atoms with Crippen LogP contribution in [0.5, 0.6) is 0 Å². The number of thioether (sulfide) groups is 1. The number of amides is 1. The van der Waals surface area contributed by atoms with Crippen LogP contribution in [0.15, 0.2) is 16.3 Å². The zero-order valence-corrected chi connectivity index (χ0v) is 14.7. The maximum Gasteiger partial charge on any atom is 0.309 e. The standard InChI is InChI=1S/C16H21NO4S2/c1-22-12-5-9-23-14(12)15(18)17-6-2-10(3-7-17)13-11(16(19)20)4-8-21-13/h5,9-11,13H,2-4,6-8H2,1H3,(H,19,20)/t11?,13-/m0/s1. The van der Waals surface area contributed by atoms with E-state index in [4.69, 9.17) is 4.74 Å². The van der Waals surface area contributed by atoms with Gasteiger partial charge in [0.25, 0.3) is 5.91 Å². The summed E-state index contributed by atoms with van der Waals surface area (Å²) in [6, 6.07) is 1.99. The molecule has 5 nitrogen and oxygen atoms in total. The van der Waals surface area contributed by atoms with E-state index in [0.29, 0.717) is 26.1 Å². The van der Waals surface area contributed by atoms with Crippen LogP contribution in [0.4, 0.5) is 0 Å². The summed E-state index contributed by atoms with van der Waals surface area (Å²) in [6.07, 6.45) is 4.04. The van der Waals surface area contributed by atoms with E-state index in [9.17, 15) is 14.7 Å². The van der Waals surface area contributed by atoms with Crippen LogP contribution >= 0.6 is 23.1 Å². The molecule has 23 heavy (non-hydrogen) atoms. The second kappa shape index (κ2) is 7.23. The second-order valence-electron chi connectivity index (χ2n) is 6.02. The van der Waals surface area contributed by atoms with E-state index >= 15 is 0 Å². The van der Waals surface area contributed by atoms with Crippen LogP contribution in [-0.2, 0) is 9.53 Å². The van der Waals surface area contributed by atoms with E-state index in [1.165, 1.54) is 11.3 Å². The summed E-state index contributed by atoms with van der Waals surface area (Å²) in [4.78, 5) is 27.7. The number of carbonyl (C=O) groups is 2. The van der Waals surface area contributed by atoms with Gasteiger partial charge in [-0.25, -0.2) is 0 Å². The maximum absolute atomic E-state index is 12.6. The van der Waals surface area contributed by atoms with Crippen molar-refractivity contribution in [1.29, 1.82) is 0 Å². The molecule has 126 valence electrons. The molecule has 0 saturated carbocycles. The Morgan fingerprint density at radius 2 is 2.09 bits per heavy atom. The molecule has 2 saturated heterocycles. The number of hydrogen-bond acceptors (Lipinski definition) is 5. The van der Waals surface area contributed by atoms with Crippen molar-refractivity contribution in [2.24, 2.45) is 11.8 Å². The lowest BCUT2D eigenvalue weighted by atomic mass is 9.84. The molecule has 2 fully saturated rings. The minimum Gasteiger partial charge on any atom is -0.481 e. The SMILES string of the molecule is CSc1ccsc1C(=O)N1CCC([C@@H]2OCCC2C(=O)O)CC1. The van der Waals surface area contributed by atoms with E-state index in [1.54, 1.807) is 11.8 Å². The van der Waals surface area contributed by atoms with Crippen LogP contribution < -0.4 is 0 Å². The fraction of sp³-hybridized carbons (Fsp3) is 0.625. The fourth-order valence-corrected chi connectivity index (χ4v) is 5.24. The highest BCUT2D eigenvalue weighted by atomic mass is 32.2. The molecule has 1 aromatic rings. The van der Waals surface area contributed by atoms with Crippen LogP contribution in [0, 0.1) is 11.8 Å². The summed E-state index contributed by atoms with van der Waals surface area (Å²) >= 11 is 3.09. The van der Waals surface area contributed by atoms with E-state index in [2.05, 4.69) is 0 Å². The van der Waals surface area contributed by atoms with Gasteiger partial charge < -0.3 is 14.7 Å². The quantitative estimate of drug-likeness (QED) is 0.841. The Balaban J connectivity index is 1.60.